The molecule has 1 nitrogen and oxygen atoms in total. The molecule has 0 aliphatic heterocycles. The number of rotatable bonds is 6. The van der Waals surface area contributed by atoms with Gasteiger partial charge in [-0.05, 0) is 111 Å². The fourth-order valence-electron chi connectivity index (χ4n) is 8.36. The molecule has 0 heterocycles. The Balaban J connectivity index is 1.38. The predicted molar refractivity (Wildman–Crippen MR) is 119 cm³/mol. The lowest BCUT2D eigenvalue weighted by atomic mass is 9.56. The Morgan fingerprint density at radius 1 is 0.893 bits per heavy atom. The highest BCUT2D eigenvalue weighted by atomic mass is 16.3. The van der Waals surface area contributed by atoms with Crippen molar-refractivity contribution in [1.82, 2.24) is 0 Å². The summed E-state index contributed by atoms with van der Waals surface area (Å²) in [7, 11) is 0. The molecule has 0 bridgehead atoms. The van der Waals surface area contributed by atoms with Crippen LogP contribution in [0.3, 0.4) is 0 Å². The molecule has 1 N–H and O–H groups in total. The average molecular weight is 387 g/mol. The summed E-state index contributed by atoms with van der Waals surface area (Å²) < 4.78 is 0. The Morgan fingerprint density at radius 2 is 1.64 bits per heavy atom. The maximum absolute atomic E-state index is 10.1. The van der Waals surface area contributed by atoms with Crippen molar-refractivity contribution in [3.05, 3.63) is 11.6 Å². The third-order valence-electron chi connectivity index (χ3n) is 9.98. The topological polar surface area (TPSA) is 20.2 Å². The van der Waals surface area contributed by atoms with E-state index in [2.05, 4.69) is 33.8 Å². The Morgan fingerprint density at radius 3 is 2.39 bits per heavy atom. The van der Waals surface area contributed by atoms with E-state index < -0.39 is 0 Å². The van der Waals surface area contributed by atoms with Crippen LogP contribution in [0.1, 0.15) is 98.3 Å². The van der Waals surface area contributed by atoms with Gasteiger partial charge in [-0.3, -0.25) is 0 Å². The molecular weight excluding hydrogens is 340 g/mol. The number of allylic oxidation sites excluding steroid dienone is 1. The van der Waals surface area contributed by atoms with Crippen molar-refractivity contribution in [3.63, 3.8) is 0 Å². The Labute approximate surface area is 174 Å². The minimum atomic E-state index is -0.0510. The maximum Gasteiger partial charge on any atom is 0.0577 e. The summed E-state index contributed by atoms with van der Waals surface area (Å²) >= 11 is 0. The fourth-order valence-corrected chi connectivity index (χ4v) is 8.36. The first-order valence-corrected chi connectivity index (χ1v) is 12.9. The number of hydrogen-bond donors (Lipinski definition) is 1. The highest BCUT2D eigenvalue weighted by Gasteiger charge is 2.50. The Kier molecular flexibility index (Phi) is 6.60. The third kappa shape index (κ3) is 3.99. The SMILES string of the molecule is CCC(CCC(C)C1CCC2C1CCC1C3CCC(O)CC3=CCC12)C(C)C. The summed E-state index contributed by atoms with van der Waals surface area (Å²) in [5.74, 6) is 8.51. The van der Waals surface area contributed by atoms with E-state index in [0.29, 0.717) is 0 Å². The summed E-state index contributed by atoms with van der Waals surface area (Å²) in [6, 6.07) is 0. The molecule has 4 rings (SSSR count). The molecule has 0 radical (unpaired) electrons. The zero-order valence-corrected chi connectivity index (χ0v) is 19.1. The van der Waals surface area contributed by atoms with Crippen LogP contribution in [0.2, 0.25) is 0 Å². The first-order valence-electron chi connectivity index (χ1n) is 12.9. The van der Waals surface area contributed by atoms with Crippen LogP contribution < -0.4 is 0 Å². The van der Waals surface area contributed by atoms with Gasteiger partial charge in [0.25, 0.3) is 0 Å². The minimum Gasteiger partial charge on any atom is -0.393 e. The predicted octanol–water partition coefficient (Wildman–Crippen LogP) is 7.24. The molecule has 0 spiro atoms. The normalized spacial score (nSPS) is 42.4. The van der Waals surface area contributed by atoms with Gasteiger partial charge in [0.05, 0.1) is 6.10 Å². The third-order valence-corrected chi connectivity index (χ3v) is 9.98. The monoisotopic (exact) mass is 386 g/mol. The molecule has 0 amide bonds. The summed E-state index contributed by atoms with van der Waals surface area (Å²) in [6.45, 7) is 9.81. The van der Waals surface area contributed by atoms with Crippen LogP contribution in [0.25, 0.3) is 0 Å². The second-order valence-electron chi connectivity index (χ2n) is 11.5. The summed E-state index contributed by atoms with van der Waals surface area (Å²) in [5, 5.41) is 10.1. The van der Waals surface area contributed by atoms with Gasteiger partial charge >= 0.3 is 0 Å². The van der Waals surface area contributed by atoms with Gasteiger partial charge in [-0.1, -0.05) is 52.2 Å². The van der Waals surface area contributed by atoms with Crippen LogP contribution in [0.15, 0.2) is 11.6 Å². The van der Waals surface area contributed by atoms with E-state index in [1.54, 1.807) is 5.57 Å². The zero-order valence-electron chi connectivity index (χ0n) is 19.1. The van der Waals surface area contributed by atoms with Crippen LogP contribution in [0.4, 0.5) is 0 Å². The number of aliphatic hydroxyl groups excluding tert-OH is 1. The van der Waals surface area contributed by atoms with Crippen molar-refractivity contribution in [1.29, 1.82) is 0 Å². The van der Waals surface area contributed by atoms with E-state index >= 15 is 0 Å². The van der Waals surface area contributed by atoms with Crippen molar-refractivity contribution in [2.24, 2.45) is 53.3 Å². The lowest BCUT2D eigenvalue weighted by Gasteiger charge is -2.50. The highest BCUT2D eigenvalue weighted by Crippen LogP contribution is 2.59. The number of aliphatic hydroxyl groups is 1. The lowest BCUT2D eigenvalue weighted by molar-refractivity contribution is 0.0277. The van der Waals surface area contributed by atoms with E-state index in [4.69, 9.17) is 0 Å². The van der Waals surface area contributed by atoms with Crippen molar-refractivity contribution in [2.75, 3.05) is 0 Å². The molecule has 28 heavy (non-hydrogen) atoms. The summed E-state index contributed by atoms with van der Waals surface area (Å²) in [4.78, 5) is 0. The molecule has 1 heteroatoms. The van der Waals surface area contributed by atoms with Gasteiger partial charge in [-0.15, -0.1) is 0 Å². The summed E-state index contributed by atoms with van der Waals surface area (Å²) in [5.41, 5.74) is 1.64. The molecule has 9 atom stereocenters. The van der Waals surface area contributed by atoms with E-state index in [0.717, 1.165) is 66.1 Å². The molecule has 160 valence electrons. The molecule has 4 aliphatic rings. The van der Waals surface area contributed by atoms with Crippen LogP contribution in [0, 0.1) is 53.3 Å². The zero-order chi connectivity index (χ0) is 19.8. The van der Waals surface area contributed by atoms with Gasteiger partial charge in [0.15, 0.2) is 0 Å². The molecule has 3 saturated carbocycles. The van der Waals surface area contributed by atoms with Crippen LogP contribution >= 0.6 is 0 Å². The van der Waals surface area contributed by atoms with Crippen molar-refractivity contribution >= 4 is 0 Å². The van der Waals surface area contributed by atoms with E-state index in [1.807, 2.05) is 0 Å². The van der Waals surface area contributed by atoms with Crippen LogP contribution in [-0.4, -0.2) is 11.2 Å². The van der Waals surface area contributed by atoms with Gasteiger partial charge in [-0.2, -0.15) is 0 Å². The minimum absolute atomic E-state index is 0.0510. The first kappa shape index (κ1) is 21.0. The van der Waals surface area contributed by atoms with Gasteiger partial charge in [-0.25, -0.2) is 0 Å². The van der Waals surface area contributed by atoms with Gasteiger partial charge < -0.3 is 5.11 Å². The second-order valence-corrected chi connectivity index (χ2v) is 11.5. The smallest absolute Gasteiger partial charge is 0.0577 e. The largest absolute Gasteiger partial charge is 0.393 e. The van der Waals surface area contributed by atoms with Crippen molar-refractivity contribution in [3.8, 4) is 0 Å². The van der Waals surface area contributed by atoms with Crippen molar-refractivity contribution < 1.29 is 5.11 Å². The average Bonchev–Trinajstić information content (AvgIpc) is 3.12. The quantitative estimate of drug-likeness (QED) is 0.477. The molecular formula is C27H46O. The van der Waals surface area contributed by atoms with Crippen LogP contribution in [-0.2, 0) is 0 Å². The highest BCUT2D eigenvalue weighted by molar-refractivity contribution is 5.19. The van der Waals surface area contributed by atoms with Gasteiger partial charge in [0, 0.05) is 0 Å². The van der Waals surface area contributed by atoms with E-state index in [9.17, 15) is 5.11 Å². The Bertz CT molecular complexity index is 548. The molecule has 0 saturated heterocycles. The molecule has 9 unspecified atom stereocenters. The molecule has 3 fully saturated rings. The van der Waals surface area contributed by atoms with Gasteiger partial charge in [0.2, 0.25) is 0 Å². The van der Waals surface area contributed by atoms with Crippen LogP contribution in [0.5, 0.6) is 0 Å². The fraction of sp³-hybridized carbons (Fsp3) is 0.926. The Hall–Kier alpha value is -0.300. The van der Waals surface area contributed by atoms with Crippen molar-refractivity contribution in [2.45, 2.75) is 104 Å². The number of hydrogen-bond acceptors (Lipinski definition) is 1. The molecule has 0 aromatic rings. The molecule has 4 aliphatic carbocycles. The maximum atomic E-state index is 10.1. The van der Waals surface area contributed by atoms with E-state index in [-0.39, 0.29) is 6.10 Å². The number of fused-ring (bicyclic) bond motifs is 5. The van der Waals surface area contributed by atoms with Gasteiger partial charge in [0.1, 0.15) is 0 Å². The second kappa shape index (κ2) is 8.83. The summed E-state index contributed by atoms with van der Waals surface area (Å²) in [6.07, 6.45) is 17.4. The molecule has 0 aromatic carbocycles. The molecule has 0 aromatic heterocycles. The standard InChI is InChI=1S/C27H46O/c1-5-19(17(2)3)7-6-18(4)22-12-13-27-24(22)14-15-25-23-11-9-21(28)16-20(23)8-10-26(25)27/h8,17-19,21-28H,5-7,9-16H2,1-4H3. The van der Waals surface area contributed by atoms with E-state index in [1.165, 1.54) is 57.8 Å². The lowest BCUT2D eigenvalue weighted by Crippen LogP contribution is -2.42. The first-order chi connectivity index (χ1) is 13.5.